The van der Waals surface area contributed by atoms with Crippen LogP contribution < -0.4 is 0 Å². The van der Waals surface area contributed by atoms with Crippen LogP contribution >= 0.6 is 0 Å². The molecular formula is C12H23N. The molecule has 0 bridgehead atoms. The highest BCUT2D eigenvalue weighted by Gasteiger charge is 2.37. The number of hydrogen-bond donors (Lipinski definition) is 1. The maximum Gasteiger partial charge on any atom is 0.0176 e. The minimum atomic E-state index is 0.272. The van der Waals surface area contributed by atoms with E-state index >= 15 is 0 Å². The third-order valence-corrected chi connectivity index (χ3v) is 3.43. The van der Waals surface area contributed by atoms with Gasteiger partial charge in [0.1, 0.15) is 0 Å². The summed E-state index contributed by atoms with van der Waals surface area (Å²) in [7, 11) is 0. The van der Waals surface area contributed by atoms with E-state index in [9.17, 15) is 0 Å². The topological polar surface area (TPSA) is 23.9 Å². The maximum absolute atomic E-state index is 8.14. The van der Waals surface area contributed by atoms with E-state index in [-0.39, 0.29) is 5.41 Å². The van der Waals surface area contributed by atoms with Crippen LogP contribution in [-0.2, 0) is 0 Å². The third kappa shape index (κ3) is 2.32. The summed E-state index contributed by atoms with van der Waals surface area (Å²) in [6, 6.07) is 0. The van der Waals surface area contributed by atoms with Gasteiger partial charge in [-0.2, -0.15) is 0 Å². The lowest BCUT2D eigenvalue weighted by Gasteiger charge is -2.41. The van der Waals surface area contributed by atoms with Crippen molar-refractivity contribution in [2.45, 2.75) is 53.4 Å². The van der Waals surface area contributed by atoms with E-state index in [2.05, 4.69) is 27.7 Å². The molecule has 0 amide bonds. The highest BCUT2D eigenvalue weighted by molar-refractivity contribution is 5.89. The molecule has 0 aromatic heterocycles. The van der Waals surface area contributed by atoms with E-state index < -0.39 is 0 Å². The van der Waals surface area contributed by atoms with Gasteiger partial charge in [-0.1, -0.05) is 34.1 Å². The van der Waals surface area contributed by atoms with Crippen LogP contribution in [0.1, 0.15) is 53.4 Å². The Balaban J connectivity index is 2.46. The van der Waals surface area contributed by atoms with E-state index in [4.69, 9.17) is 5.41 Å². The zero-order valence-corrected chi connectivity index (χ0v) is 9.48. The second-order valence-corrected chi connectivity index (χ2v) is 5.36. The van der Waals surface area contributed by atoms with Crippen molar-refractivity contribution in [3.63, 3.8) is 0 Å². The zero-order chi connectivity index (χ0) is 10.1. The van der Waals surface area contributed by atoms with Crippen molar-refractivity contribution in [3.05, 3.63) is 0 Å². The molecule has 1 unspecified atom stereocenters. The summed E-state index contributed by atoms with van der Waals surface area (Å²) >= 11 is 0. The average Bonchev–Trinajstić information content (AvgIpc) is 1.97. The standard InChI is InChI=1S/C12H23N/c1-9(2)8-10(3)11(13)12(4)6-5-7-12/h9-10,13H,5-8H2,1-4H3. The van der Waals surface area contributed by atoms with Gasteiger partial charge in [0.05, 0.1) is 0 Å². The summed E-state index contributed by atoms with van der Waals surface area (Å²) < 4.78 is 0. The lowest BCUT2D eigenvalue weighted by atomic mass is 9.64. The molecule has 1 aliphatic rings. The van der Waals surface area contributed by atoms with E-state index in [1.807, 2.05) is 0 Å². The first-order chi connectivity index (χ1) is 5.96. The molecule has 1 nitrogen and oxygen atoms in total. The quantitative estimate of drug-likeness (QED) is 0.636. The van der Waals surface area contributed by atoms with Gasteiger partial charge in [0.2, 0.25) is 0 Å². The molecule has 1 N–H and O–H groups in total. The van der Waals surface area contributed by atoms with Crippen molar-refractivity contribution in [1.29, 1.82) is 5.41 Å². The van der Waals surface area contributed by atoms with Crippen molar-refractivity contribution in [2.24, 2.45) is 17.3 Å². The fraction of sp³-hybridized carbons (Fsp3) is 0.917. The molecule has 0 aliphatic heterocycles. The number of rotatable bonds is 4. The monoisotopic (exact) mass is 181 g/mol. The summed E-state index contributed by atoms with van der Waals surface area (Å²) in [6.07, 6.45) is 4.99. The third-order valence-electron chi connectivity index (χ3n) is 3.43. The van der Waals surface area contributed by atoms with Gasteiger partial charge in [-0.15, -0.1) is 0 Å². The Hall–Kier alpha value is -0.330. The summed E-state index contributed by atoms with van der Waals surface area (Å²) in [5, 5.41) is 8.14. The van der Waals surface area contributed by atoms with Crippen molar-refractivity contribution in [1.82, 2.24) is 0 Å². The Morgan fingerprint density at radius 2 is 1.85 bits per heavy atom. The van der Waals surface area contributed by atoms with Crippen LogP contribution in [0.25, 0.3) is 0 Å². The van der Waals surface area contributed by atoms with Crippen molar-refractivity contribution < 1.29 is 0 Å². The Labute approximate surface area is 82.4 Å². The van der Waals surface area contributed by atoms with Crippen LogP contribution in [0.4, 0.5) is 0 Å². The summed E-state index contributed by atoms with van der Waals surface area (Å²) in [5.41, 5.74) is 1.28. The summed E-state index contributed by atoms with van der Waals surface area (Å²) in [5.74, 6) is 1.21. The minimum Gasteiger partial charge on any atom is -0.309 e. The molecule has 0 spiro atoms. The van der Waals surface area contributed by atoms with E-state index in [1.165, 1.54) is 25.7 Å². The van der Waals surface area contributed by atoms with Crippen LogP contribution in [0.5, 0.6) is 0 Å². The molecule has 0 aromatic rings. The number of hydrogen-bond acceptors (Lipinski definition) is 1. The van der Waals surface area contributed by atoms with Crippen LogP contribution in [0.15, 0.2) is 0 Å². The number of nitrogens with one attached hydrogen (secondary N) is 1. The fourth-order valence-corrected chi connectivity index (χ4v) is 2.40. The van der Waals surface area contributed by atoms with Crippen molar-refractivity contribution >= 4 is 5.71 Å². The first-order valence-electron chi connectivity index (χ1n) is 5.54. The second-order valence-electron chi connectivity index (χ2n) is 5.36. The van der Waals surface area contributed by atoms with Gasteiger partial charge in [0, 0.05) is 11.1 Å². The van der Waals surface area contributed by atoms with Crippen molar-refractivity contribution in [3.8, 4) is 0 Å². The van der Waals surface area contributed by atoms with Gasteiger partial charge in [-0.25, -0.2) is 0 Å². The smallest absolute Gasteiger partial charge is 0.0176 e. The predicted octanol–water partition coefficient (Wildman–Crippen LogP) is 3.88. The molecular weight excluding hydrogens is 158 g/mol. The molecule has 0 saturated heterocycles. The zero-order valence-electron chi connectivity index (χ0n) is 9.48. The van der Waals surface area contributed by atoms with Gasteiger partial charge in [-0.05, 0) is 31.1 Å². The molecule has 1 saturated carbocycles. The normalized spacial score (nSPS) is 22.5. The molecule has 13 heavy (non-hydrogen) atoms. The van der Waals surface area contributed by atoms with Crippen LogP contribution in [0.2, 0.25) is 0 Å². The second kappa shape index (κ2) is 3.81. The van der Waals surface area contributed by atoms with E-state index in [0.29, 0.717) is 5.92 Å². The summed E-state index contributed by atoms with van der Waals surface area (Å²) in [4.78, 5) is 0. The maximum atomic E-state index is 8.14. The Morgan fingerprint density at radius 3 is 2.15 bits per heavy atom. The van der Waals surface area contributed by atoms with Gasteiger partial charge < -0.3 is 5.41 Å². The molecule has 1 heteroatoms. The van der Waals surface area contributed by atoms with Gasteiger partial charge >= 0.3 is 0 Å². The Kier molecular flexibility index (Phi) is 3.15. The van der Waals surface area contributed by atoms with Gasteiger partial charge in [0.25, 0.3) is 0 Å². The lowest BCUT2D eigenvalue weighted by Crippen LogP contribution is -2.38. The van der Waals surface area contributed by atoms with E-state index in [0.717, 1.165) is 11.6 Å². The predicted molar refractivity (Wildman–Crippen MR) is 58.3 cm³/mol. The molecule has 0 aromatic carbocycles. The molecule has 1 aliphatic carbocycles. The fourth-order valence-electron chi connectivity index (χ4n) is 2.40. The SMILES string of the molecule is CC(C)CC(C)C(=N)C1(C)CCC1. The Morgan fingerprint density at radius 1 is 1.31 bits per heavy atom. The molecule has 0 radical (unpaired) electrons. The van der Waals surface area contributed by atoms with Crippen molar-refractivity contribution in [2.75, 3.05) is 0 Å². The molecule has 76 valence electrons. The molecule has 0 heterocycles. The minimum absolute atomic E-state index is 0.272. The molecule has 1 atom stereocenters. The molecule has 1 fully saturated rings. The average molecular weight is 181 g/mol. The first kappa shape index (κ1) is 10.7. The highest BCUT2D eigenvalue weighted by atomic mass is 14.6. The highest BCUT2D eigenvalue weighted by Crippen LogP contribution is 2.43. The summed E-state index contributed by atoms with van der Waals surface area (Å²) in [6.45, 7) is 8.96. The van der Waals surface area contributed by atoms with Crippen LogP contribution in [0.3, 0.4) is 0 Å². The first-order valence-corrected chi connectivity index (χ1v) is 5.54. The van der Waals surface area contributed by atoms with Crippen LogP contribution in [-0.4, -0.2) is 5.71 Å². The van der Waals surface area contributed by atoms with Gasteiger partial charge in [-0.3, -0.25) is 0 Å². The van der Waals surface area contributed by atoms with Gasteiger partial charge in [0.15, 0.2) is 0 Å². The molecule has 1 rings (SSSR count). The van der Waals surface area contributed by atoms with Crippen LogP contribution in [0, 0.1) is 22.7 Å². The largest absolute Gasteiger partial charge is 0.309 e. The van der Waals surface area contributed by atoms with E-state index in [1.54, 1.807) is 0 Å². The lowest BCUT2D eigenvalue weighted by molar-refractivity contribution is 0.247. The Bertz CT molecular complexity index is 189.